The third kappa shape index (κ3) is 4.33. The molecule has 0 spiro atoms. The average molecular weight is 477 g/mol. The van der Waals surface area contributed by atoms with Gasteiger partial charge in [-0.3, -0.25) is 24.2 Å². The molecule has 0 saturated carbocycles. The number of nitrogens with one attached hydrogen (secondary N) is 3. The molecule has 3 aromatic rings. The van der Waals surface area contributed by atoms with Gasteiger partial charge < -0.3 is 16.0 Å². The van der Waals surface area contributed by atoms with Crippen LogP contribution < -0.4 is 25.8 Å². The number of amides is 5. The zero-order chi connectivity index (χ0) is 23.7. The smallest absolute Gasteiger partial charge is 0.323 e. The molecule has 1 aromatic heterocycles. The minimum Gasteiger partial charge on any atom is -0.336 e. The van der Waals surface area contributed by atoms with Crippen molar-refractivity contribution in [3.8, 4) is 0 Å². The summed E-state index contributed by atoms with van der Waals surface area (Å²) in [5, 5.41) is 10.6. The lowest BCUT2D eigenvalue weighted by Gasteiger charge is -2.29. The van der Waals surface area contributed by atoms with Crippen molar-refractivity contribution in [1.82, 2.24) is 10.3 Å². The van der Waals surface area contributed by atoms with E-state index in [2.05, 4.69) is 20.9 Å². The zero-order valence-corrected chi connectivity index (χ0v) is 18.7. The van der Waals surface area contributed by atoms with Crippen molar-refractivity contribution >= 4 is 57.3 Å². The Labute approximate surface area is 198 Å². The van der Waals surface area contributed by atoms with Crippen LogP contribution in [0.25, 0.3) is 0 Å². The van der Waals surface area contributed by atoms with Gasteiger partial charge in [0, 0.05) is 29.7 Å². The third-order valence-electron chi connectivity index (χ3n) is 5.40. The molecule has 2 aromatic carbocycles. The van der Waals surface area contributed by atoms with Crippen LogP contribution in [0, 0.1) is 0 Å². The van der Waals surface area contributed by atoms with Crippen molar-refractivity contribution in [2.75, 3.05) is 40.1 Å². The second-order valence-electron chi connectivity index (χ2n) is 7.76. The molecule has 1 fully saturated rings. The van der Waals surface area contributed by atoms with Crippen LogP contribution in [-0.4, -0.2) is 48.4 Å². The second kappa shape index (κ2) is 8.94. The van der Waals surface area contributed by atoms with Gasteiger partial charge in [-0.25, -0.2) is 9.78 Å². The number of anilines is 4. The Balaban J connectivity index is 1.22. The van der Waals surface area contributed by atoms with Gasteiger partial charge in [-0.1, -0.05) is 12.1 Å². The van der Waals surface area contributed by atoms with Gasteiger partial charge in [-0.2, -0.15) is 0 Å². The first-order valence-electron chi connectivity index (χ1n) is 10.6. The number of fused-ring (bicyclic) bond motifs is 1. The molecule has 1 saturated heterocycles. The van der Waals surface area contributed by atoms with E-state index in [0.717, 1.165) is 0 Å². The van der Waals surface area contributed by atoms with Gasteiger partial charge >= 0.3 is 6.03 Å². The van der Waals surface area contributed by atoms with E-state index in [-0.39, 0.29) is 36.7 Å². The van der Waals surface area contributed by atoms with Gasteiger partial charge in [0.05, 0.1) is 23.5 Å². The van der Waals surface area contributed by atoms with Gasteiger partial charge in [0.1, 0.15) is 6.54 Å². The number of nitrogens with zero attached hydrogens (tertiary/aromatic N) is 3. The molecule has 5 rings (SSSR count). The standard InChI is InChI=1S/C23H20N6O4S/c30-19(11-16-13-34-23(26-16)28-10-9-24-22(28)33)25-15-7-5-14(6-8-15)21(32)29-12-20(31)27-17-3-1-2-4-18(17)29/h1-8,13H,9-12H2,(H,24,33)(H,25,30)(H,27,31). The van der Waals surface area contributed by atoms with Crippen LogP contribution in [0.5, 0.6) is 0 Å². The molecular formula is C23H20N6O4S. The Kier molecular flexibility index (Phi) is 5.68. The first kappa shape index (κ1) is 21.6. The molecule has 11 heteroatoms. The number of rotatable bonds is 5. The number of para-hydroxylation sites is 2. The van der Waals surface area contributed by atoms with Crippen molar-refractivity contribution in [2.45, 2.75) is 6.42 Å². The fraction of sp³-hybridized carbons (Fsp3) is 0.174. The normalized spacial score (nSPS) is 14.9. The molecule has 0 atom stereocenters. The molecule has 3 heterocycles. The Morgan fingerprint density at radius 1 is 1.09 bits per heavy atom. The number of carbonyl (C=O) groups excluding carboxylic acids is 4. The van der Waals surface area contributed by atoms with Crippen LogP contribution in [0.15, 0.2) is 53.9 Å². The number of hydrogen-bond donors (Lipinski definition) is 3. The van der Waals surface area contributed by atoms with Crippen LogP contribution in [0.2, 0.25) is 0 Å². The fourth-order valence-electron chi connectivity index (χ4n) is 3.79. The predicted octanol–water partition coefficient (Wildman–Crippen LogP) is 2.45. The minimum absolute atomic E-state index is 0.0618. The largest absolute Gasteiger partial charge is 0.336 e. The number of hydrogen-bond acceptors (Lipinski definition) is 6. The summed E-state index contributed by atoms with van der Waals surface area (Å²) in [6.07, 6.45) is 0.0618. The van der Waals surface area contributed by atoms with E-state index in [4.69, 9.17) is 0 Å². The zero-order valence-electron chi connectivity index (χ0n) is 17.9. The Morgan fingerprint density at radius 2 is 1.88 bits per heavy atom. The van der Waals surface area contributed by atoms with Crippen molar-refractivity contribution in [3.05, 3.63) is 65.2 Å². The minimum atomic E-state index is -0.305. The lowest BCUT2D eigenvalue weighted by Crippen LogP contribution is -2.42. The van der Waals surface area contributed by atoms with E-state index in [1.807, 2.05) is 0 Å². The highest BCUT2D eigenvalue weighted by Gasteiger charge is 2.27. The molecule has 2 aliphatic rings. The first-order chi connectivity index (χ1) is 16.5. The number of urea groups is 1. The maximum Gasteiger partial charge on any atom is 0.323 e. The van der Waals surface area contributed by atoms with E-state index in [1.165, 1.54) is 16.2 Å². The van der Waals surface area contributed by atoms with Crippen molar-refractivity contribution in [3.63, 3.8) is 0 Å². The third-order valence-corrected chi connectivity index (χ3v) is 6.31. The maximum absolute atomic E-state index is 13.0. The van der Waals surface area contributed by atoms with Gasteiger partial charge in [-0.15, -0.1) is 11.3 Å². The number of aromatic nitrogens is 1. The summed E-state index contributed by atoms with van der Waals surface area (Å²) in [4.78, 5) is 56.6. The highest BCUT2D eigenvalue weighted by Crippen LogP contribution is 2.30. The molecule has 0 aliphatic carbocycles. The lowest BCUT2D eigenvalue weighted by molar-refractivity contribution is -0.116. The Hall–Kier alpha value is -4.25. The highest BCUT2D eigenvalue weighted by molar-refractivity contribution is 7.14. The van der Waals surface area contributed by atoms with Gasteiger partial charge in [0.25, 0.3) is 5.91 Å². The topological polar surface area (TPSA) is 124 Å². The second-order valence-corrected chi connectivity index (χ2v) is 8.60. The van der Waals surface area contributed by atoms with Gasteiger partial charge in [0.2, 0.25) is 11.8 Å². The SMILES string of the molecule is O=C(Cc1csc(N2CCNC2=O)n1)Nc1ccc(C(=O)N2CC(=O)Nc3ccccc32)cc1. The van der Waals surface area contributed by atoms with E-state index in [9.17, 15) is 19.2 Å². The molecule has 3 N–H and O–H groups in total. The summed E-state index contributed by atoms with van der Waals surface area (Å²) in [7, 11) is 0. The molecule has 0 unspecified atom stereocenters. The Morgan fingerprint density at radius 3 is 2.65 bits per heavy atom. The molecule has 34 heavy (non-hydrogen) atoms. The average Bonchev–Trinajstić information content (AvgIpc) is 3.47. The van der Waals surface area contributed by atoms with E-state index in [0.29, 0.717) is 46.5 Å². The summed E-state index contributed by atoms with van der Waals surface area (Å²) in [6, 6.07) is 13.4. The van der Waals surface area contributed by atoms with Crippen LogP contribution in [0.1, 0.15) is 16.1 Å². The van der Waals surface area contributed by atoms with Crippen LogP contribution in [0.4, 0.5) is 27.0 Å². The van der Waals surface area contributed by atoms with Crippen LogP contribution in [0.3, 0.4) is 0 Å². The first-order valence-corrected chi connectivity index (χ1v) is 11.5. The van der Waals surface area contributed by atoms with Gasteiger partial charge in [0.15, 0.2) is 5.13 Å². The quantitative estimate of drug-likeness (QED) is 0.522. The Bertz CT molecular complexity index is 1290. The highest BCUT2D eigenvalue weighted by atomic mass is 32.1. The molecule has 5 amide bonds. The van der Waals surface area contributed by atoms with Gasteiger partial charge in [-0.05, 0) is 36.4 Å². The van der Waals surface area contributed by atoms with E-state index < -0.39 is 0 Å². The van der Waals surface area contributed by atoms with Crippen molar-refractivity contribution in [2.24, 2.45) is 0 Å². The lowest BCUT2D eigenvalue weighted by atomic mass is 10.1. The van der Waals surface area contributed by atoms with Crippen molar-refractivity contribution in [1.29, 1.82) is 0 Å². The summed E-state index contributed by atoms with van der Waals surface area (Å²) < 4.78 is 0. The summed E-state index contributed by atoms with van der Waals surface area (Å²) in [6.45, 7) is 1.06. The van der Waals surface area contributed by atoms with E-state index in [1.54, 1.807) is 58.8 Å². The number of carbonyl (C=O) groups is 4. The molecule has 0 bridgehead atoms. The monoisotopic (exact) mass is 476 g/mol. The summed E-state index contributed by atoms with van der Waals surface area (Å²) in [5.41, 5.74) is 2.74. The molecule has 2 aliphatic heterocycles. The fourth-order valence-corrected chi connectivity index (χ4v) is 4.64. The molecule has 10 nitrogen and oxygen atoms in total. The summed E-state index contributed by atoms with van der Waals surface area (Å²) >= 11 is 1.32. The number of thiazole rings is 1. The molecular weight excluding hydrogens is 456 g/mol. The summed E-state index contributed by atoms with van der Waals surface area (Å²) in [5.74, 6) is -0.823. The van der Waals surface area contributed by atoms with Crippen LogP contribution >= 0.6 is 11.3 Å². The predicted molar refractivity (Wildman–Crippen MR) is 128 cm³/mol. The van der Waals surface area contributed by atoms with Crippen LogP contribution in [-0.2, 0) is 16.0 Å². The maximum atomic E-state index is 13.0. The van der Waals surface area contributed by atoms with E-state index >= 15 is 0 Å². The molecule has 0 radical (unpaired) electrons. The van der Waals surface area contributed by atoms with Crippen molar-refractivity contribution < 1.29 is 19.2 Å². The number of benzene rings is 2. The molecule has 172 valence electrons.